The molecule has 0 bridgehead atoms. The summed E-state index contributed by atoms with van der Waals surface area (Å²) in [5.41, 5.74) is 3.29. The van der Waals surface area contributed by atoms with Gasteiger partial charge < -0.3 is 19.9 Å². The zero-order chi connectivity index (χ0) is 32.3. The summed E-state index contributed by atoms with van der Waals surface area (Å²) in [6, 6.07) is 13.0. The summed E-state index contributed by atoms with van der Waals surface area (Å²) in [6.07, 6.45) is 4.54. The number of para-hydroxylation sites is 1. The molecule has 6 rings (SSSR count). The molecule has 0 radical (unpaired) electrons. The number of piperazine rings is 1. The first-order valence-corrected chi connectivity index (χ1v) is 17.7. The van der Waals surface area contributed by atoms with E-state index in [0.29, 0.717) is 52.5 Å². The molecule has 4 heterocycles. The van der Waals surface area contributed by atoms with Crippen LogP contribution in [0.15, 0.2) is 52.4 Å². The van der Waals surface area contributed by atoms with E-state index in [2.05, 4.69) is 32.1 Å². The fourth-order valence-corrected chi connectivity index (χ4v) is 7.21. The van der Waals surface area contributed by atoms with Crippen molar-refractivity contribution >= 4 is 38.9 Å². The Bertz CT molecular complexity index is 1670. The zero-order valence-electron chi connectivity index (χ0n) is 26.3. The highest BCUT2D eigenvalue weighted by molar-refractivity contribution is 7.90. The number of nitrogens with zero attached hydrogens (tertiary/aromatic N) is 6. The van der Waals surface area contributed by atoms with E-state index in [9.17, 15) is 17.2 Å². The van der Waals surface area contributed by atoms with Gasteiger partial charge in [0.05, 0.1) is 16.3 Å². The van der Waals surface area contributed by atoms with E-state index in [1.165, 1.54) is 6.07 Å². The Morgan fingerprint density at radius 1 is 1.00 bits per heavy atom. The van der Waals surface area contributed by atoms with Crippen LogP contribution in [-0.2, 0) is 22.7 Å². The number of anilines is 3. The average molecular weight is 654 g/mol. The number of halogens is 2. The first-order valence-electron chi connectivity index (χ1n) is 15.8. The number of nitrogens with one attached hydrogen (secondary N) is 1. The van der Waals surface area contributed by atoms with Gasteiger partial charge in [0.25, 0.3) is 0 Å². The lowest BCUT2D eigenvalue weighted by molar-refractivity contribution is 0.0982. The number of aromatic nitrogens is 2. The number of piperidine rings is 1. The number of rotatable bonds is 11. The van der Waals surface area contributed by atoms with Gasteiger partial charge in [-0.15, -0.1) is 0 Å². The third-order valence-corrected chi connectivity index (χ3v) is 10.1. The maximum Gasteiger partial charge on any atom is 0.177 e. The minimum atomic E-state index is -3.50. The minimum Gasteiger partial charge on any atom is -0.485 e. The summed E-state index contributed by atoms with van der Waals surface area (Å²) >= 11 is 0. The lowest BCUT2D eigenvalue weighted by Gasteiger charge is -2.42. The molecule has 0 atom stereocenters. The lowest BCUT2D eigenvalue weighted by atomic mass is 10.0. The maximum absolute atomic E-state index is 13.7. The van der Waals surface area contributed by atoms with Crippen LogP contribution in [0.25, 0.3) is 0 Å². The molecule has 3 aliphatic rings. The van der Waals surface area contributed by atoms with Gasteiger partial charge in [0, 0.05) is 87.9 Å². The summed E-state index contributed by atoms with van der Waals surface area (Å²) in [5.74, 6) is 1.24. The topological polar surface area (TPSA) is 103 Å². The number of alkyl halides is 2. The summed E-state index contributed by atoms with van der Waals surface area (Å²) in [4.78, 5) is 21.3. The number of hydrogen-bond acceptors (Lipinski definition) is 10. The molecule has 0 unspecified atom stereocenters. The van der Waals surface area contributed by atoms with Crippen molar-refractivity contribution in [3.63, 3.8) is 0 Å². The third kappa shape index (κ3) is 7.31. The first-order chi connectivity index (χ1) is 22.2. The van der Waals surface area contributed by atoms with Gasteiger partial charge in [0.15, 0.2) is 21.8 Å². The molecule has 10 nitrogen and oxygen atoms in total. The second kappa shape index (κ2) is 14.0. The number of benzene rings is 2. The molecule has 46 heavy (non-hydrogen) atoms. The van der Waals surface area contributed by atoms with Crippen LogP contribution in [0.4, 0.5) is 31.7 Å². The molecule has 2 saturated heterocycles. The standard InChI is InChI=1S/C33H41F2N7O3S/c1-40-15-17-42(18-16-40)24-10-13-41(14-11-24)25-8-7-23(29(20-25)45-26(21-34)22-35)19-31-37-28-9-12-36-32(28)33(39-31)38-27-5-3-4-6-30(27)46(2,43)44/h3-8,12,20,24,26H,9-11,13-19,21-22H2,1-2H3,(H,37,38,39). The molecule has 246 valence electrons. The molecule has 0 aliphatic carbocycles. The number of hydrogen-bond donors (Lipinski definition) is 1. The molecular formula is C33H41F2N7O3S. The summed E-state index contributed by atoms with van der Waals surface area (Å²) in [6.45, 7) is 4.28. The van der Waals surface area contributed by atoms with Crippen LogP contribution < -0.4 is 15.0 Å². The van der Waals surface area contributed by atoms with Crippen LogP contribution in [0, 0.1) is 0 Å². The Morgan fingerprint density at radius 2 is 1.74 bits per heavy atom. The fraction of sp³-hybridized carbons (Fsp3) is 0.485. The van der Waals surface area contributed by atoms with Crippen LogP contribution in [0.2, 0.25) is 0 Å². The Kier molecular flexibility index (Phi) is 9.81. The smallest absolute Gasteiger partial charge is 0.177 e. The maximum atomic E-state index is 13.7. The average Bonchev–Trinajstić information content (AvgIpc) is 3.54. The molecule has 3 aliphatic heterocycles. The highest BCUT2D eigenvalue weighted by Crippen LogP contribution is 2.36. The van der Waals surface area contributed by atoms with E-state index in [0.717, 1.165) is 64.1 Å². The molecule has 1 N–H and O–H groups in total. The highest BCUT2D eigenvalue weighted by atomic mass is 32.2. The molecule has 13 heteroatoms. The van der Waals surface area contributed by atoms with Gasteiger partial charge in [0.1, 0.15) is 30.6 Å². The van der Waals surface area contributed by atoms with Crippen molar-refractivity contribution in [2.75, 3.05) is 76.1 Å². The molecule has 2 fully saturated rings. The Hall–Kier alpha value is -3.68. The van der Waals surface area contributed by atoms with Crippen LogP contribution >= 0.6 is 0 Å². The number of sulfone groups is 1. The van der Waals surface area contributed by atoms with Gasteiger partial charge >= 0.3 is 0 Å². The quantitative estimate of drug-likeness (QED) is 0.323. The SMILES string of the molecule is CN1CCN(C2CCN(c3ccc(Cc4nc5c(c(Nc6ccccc6S(C)(=O)=O)n4)N=CC5)c(OC(CF)CF)c3)CC2)CC1. The van der Waals surface area contributed by atoms with Gasteiger partial charge in [-0.2, -0.15) is 0 Å². The lowest BCUT2D eigenvalue weighted by Crippen LogP contribution is -2.52. The van der Waals surface area contributed by atoms with Crippen molar-refractivity contribution in [3.8, 4) is 5.75 Å². The van der Waals surface area contributed by atoms with Crippen molar-refractivity contribution < 1.29 is 21.9 Å². The van der Waals surface area contributed by atoms with Crippen molar-refractivity contribution in [3.05, 3.63) is 59.5 Å². The second-order valence-electron chi connectivity index (χ2n) is 12.3. The summed E-state index contributed by atoms with van der Waals surface area (Å²) in [5, 5.41) is 3.17. The predicted molar refractivity (Wildman–Crippen MR) is 177 cm³/mol. The van der Waals surface area contributed by atoms with E-state index < -0.39 is 29.3 Å². The normalized spacial score (nSPS) is 17.9. The van der Waals surface area contributed by atoms with Gasteiger partial charge in [-0.1, -0.05) is 18.2 Å². The monoisotopic (exact) mass is 653 g/mol. The van der Waals surface area contributed by atoms with E-state index in [-0.39, 0.29) is 11.3 Å². The Morgan fingerprint density at radius 3 is 2.46 bits per heavy atom. The predicted octanol–water partition coefficient (Wildman–Crippen LogP) is 4.38. The molecule has 0 amide bonds. The van der Waals surface area contributed by atoms with Crippen LogP contribution in [0.1, 0.15) is 29.9 Å². The Balaban J connectivity index is 1.24. The van der Waals surface area contributed by atoms with Gasteiger partial charge in [-0.25, -0.2) is 27.2 Å². The fourth-order valence-electron chi connectivity index (χ4n) is 6.37. The number of aliphatic imine (C=N–C) groups is 1. The van der Waals surface area contributed by atoms with Crippen LogP contribution in [0.5, 0.6) is 5.75 Å². The second-order valence-corrected chi connectivity index (χ2v) is 14.3. The van der Waals surface area contributed by atoms with E-state index in [1.807, 2.05) is 18.2 Å². The largest absolute Gasteiger partial charge is 0.485 e. The van der Waals surface area contributed by atoms with E-state index in [4.69, 9.17) is 14.7 Å². The number of likely N-dealkylation sites (N-methyl/N-ethyl adjacent to an activating group) is 1. The minimum absolute atomic E-state index is 0.146. The summed E-state index contributed by atoms with van der Waals surface area (Å²) < 4.78 is 58.1. The molecular weight excluding hydrogens is 612 g/mol. The zero-order valence-corrected chi connectivity index (χ0v) is 27.1. The molecule has 2 aromatic carbocycles. The van der Waals surface area contributed by atoms with Gasteiger partial charge in [-0.3, -0.25) is 9.89 Å². The summed E-state index contributed by atoms with van der Waals surface area (Å²) in [7, 11) is -1.34. The molecule has 1 aromatic heterocycles. The number of ether oxygens (including phenoxy) is 1. The molecule has 0 saturated carbocycles. The highest BCUT2D eigenvalue weighted by Gasteiger charge is 2.28. The molecule has 0 spiro atoms. The van der Waals surface area contributed by atoms with Crippen molar-refractivity contribution in [2.45, 2.75) is 42.7 Å². The van der Waals surface area contributed by atoms with Gasteiger partial charge in [0.2, 0.25) is 0 Å². The van der Waals surface area contributed by atoms with Crippen molar-refractivity contribution in [2.24, 2.45) is 4.99 Å². The first kappa shape index (κ1) is 32.3. The number of fused-ring (bicyclic) bond motifs is 1. The molecule has 3 aromatic rings. The Labute approximate surface area is 269 Å². The third-order valence-electron chi connectivity index (χ3n) is 8.97. The van der Waals surface area contributed by atoms with Crippen LogP contribution in [-0.4, -0.2) is 112 Å². The van der Waals surface area contributed by atoms with E-state index >= 15 is 0 Å². The van der Waals surface area contributed by atoms with Crippen molar-refractivity contribution in [1.29, 1.82) is 0 Å². The van der Waals surface area contributed by atoms with Crippen LogP contribution in [0.3, 0.4) is 0 Å². The van der Waals surface area contributed by atoms with Gasteiger partial charge in [-0.05, 0) is 38.1 Å². The van der Waals surface area contributed by atoms with E-state index in [1.54, 1.807) is 24.4 Å². The van der Waals surface area contributed by atoms with Crippen molar-refractivity contribution in [1.82, 2.24) is 19.8 Å².